The minimum atomic E-state index is -3.75. The average molecular weight is 501 g/mol. The number of carbonyl (C=O) groups is 1. The molecule has 1 aliphatic rings. The van der Waals surface area contributed by atoms with Crippen molar-refractivity contribution in [2.75, 3.05) is 58.1 Å². The van der Waals surface area contributed by atoms with Crippen LogP contribution in [-0.4, -0.2) is 92.9 Å². The molecular formula is C23H28N6O5S. The molecule has 1 amide bonds. The van der Waals surface area contributed by atoms with E-state index in [-0.39, 0.29) is 32.2 Å². The molecule has 35 heavy (non-hydrogen) atoms. The van der Waals surface area contributed by atoms with Crippen LogP contribution in [0.1, 0.15) is 0 Å². The van der Waals surface area contributed by atoms with E-state index < -0.39 is 27.8 Å². The molecule has 0 spiro atoms. The van der Waals surface area contributed by atoms with Gasteiger partial charge < -0.3 is 19.7 Å². The zero-order chi connectivity index (χ0) is 25.0. The van der Waals surface area contributed by atoms with Crippen LogP contribution in [0.25, 0.3) is 22.3 Å². The van der Waals surface area contributed by atoms with Crippen LogP contribution in [0.2, 0.25) is 0 Å². The first-order valence-electron chi connectivity index (χ1n) is 11.1. The highest BCUT2D eigenvalue weighted by Gasteiger charge is 2.31. The summed E-state index contributed by atoms with van der Waals surface area (Å²) in [7, 11) is 1.60. The Bertz CT molecular complexity index is 1300. The van der Waals surface area contributed by atoms with Crippen molar-refractivity contribution < 1.29 is 22.7 Å². The van der Waals surface area contributed by atoms with E-state index in [0.717, 1.165) is 11.3 Å². The number of fused-ring (bicyclic) bond motifs is 1. The van der Waals surface area contributed by atoms with Crippen molar-refractivity contribution >= 4 is 32.7 Å². The molecule has 1 saturated heterocycles. The van der Waals surface area contributed by atoms with E-state index >= 15 is 0 Å². The molecule has 3 aromatic rings. The Morgan fingerprint density at radius 1 is 1.23 bits per heavy atom. The molecule has 0 aliphatic carbocycles. The van der Waals surface area contributed by atoms with Crippen molar-refractivity contribution in [3.05, 3.63) is 42.7 Å². The fraction of sp³-hybridized carbons (Fsp3) is 0.391. The van der Waals surface area contributed by atoms with Crippen molar-refractivity contribution in [2.24, 2.45) is 0 Å². The van der Waals surface area contributed by atoms with E-state index in [0.29, 0.717) is 16.7 Å². The van der Waals surface area contributed by atoms with Crippen molar-refractivity contribution in [2.45, 2.75) is 6.10 Å². The summed E-state index contributed by atoms with van der Waals surface area (Å²) in [5, 5.41) is 2.34. The lowest BCUT2D eigenvalue weighted by atomic mass is 10.1. The Hall–Kier alpha value is -3.35. The van der Waals surface area contributed by atoms with Gasteiger partial charge in [-0.1, -0.05) is 12.1 Å². The highest BCUT2D eigenvalue weighted by molar-refractivity contribution is 7.89. The Morgan fingerprint density at radius 3 is 2.69 bits per heavy atom. The van der Waals surface area contributed by atoms with Crippen molar-refractivity contribution in [3.8, 4) is 17.1 Å². The number of nitrogens with zero attached hydrogens (tertiary/aromatic N) is 5. The highest BCUT2D eigenvalue weighted by atomic mass is 32.2. The molecule has 0 radical (unpaired) electrons. The van der Waals surface area contributed by atoms with Gasteiger partial charge in [0.05, 0.1) is 17.8 Å². The summed E-state index contributed by atoms with van der Waals surface area (Å²) in [4.78, 5) is 27.0. The molecule has 0 saturated carbocycles. The summed E-state index contributed by atoms with van der Waals surface area (Å²) in [6, 6.07) is 9.81. The largest absolute Gasteiger partial charge is 0.473 e. The van der Waals surface area contributed by atoms with Gasteiger partial charge in [-0.2, -0.15) is 4.31 Å². The number of nitrogens with one attached hydrogen (secondary N) is 1. The van der Waals surface area contributed by atoms with Crippen LogP contribution in [0, 0.1) is 0 Å². The first-order chi connectivity index (χ1) is 16.8. The van der Waals surface area contributed by atoms with Crippen molar-refractivity contribution in [1.29, 1.82) is 0 Å². The molecule has 1 fully saturated rings. The Kier molecular flexibility index (Phi) is 7.43. The van der Waals surface area contributed by atoms with Gasteiger partial charge in [-0.15, -0.1) is 0 Å². The summed E-state index contributed by atoms with van der Waals surface area (Å²) in [6.07, 6.45) is 2.64. The number of morpholine rings is 1. The predicted octanol–water partition coefficient (Wildman–Crippen LogP) is 0.913. The Morgan fingerprint density at radius 2 is 1.97 bits per heavy atom. The number of hydrogen-bond donors (Lipinski definition) is 1. The number of hydrogen-bond acceptors (Lipinski definition) is 9. The Balaban J connectivity index is 1.53. The van der Waals surface area contributed by atoms with Crippen molar-refractivity contribution in [3.63, 3.8) is 0 Å². The maximum absolute atomic E-state index is 12.6. The lowest BCUT2D eigenvalue weighted by Crippen LogP contribution is -2.49. The fourth-order valence-electron chi connectivity index (χ4n) is 3.67. The van der Waals surface area contributed by atoms with E-state index in [1.807, 2.05) is 49.3 Å². The molecule has 1 N–H and O–H groups in total. The van der Waals surface area contributed by atoms with Gasteiger partial charge in [-0.3, -0.25) is 9.78 Å². The summed E-state index contributed by atoms with van der Waals surface area (Å²) < 4.78 is 38.1. The molecule has 12 heteroatoms. The summed E-state index contributed by atoms with van der Waals surface area (Å²) in [5.74, 6) is -0.877. The summed E-state index contributed by atoms with van der Waals surface area (Å²) in [5.41, 5.74) is 3.77. The van der Waals surface area contributed by atoms with Crippen molar-refractivity contribution in [1.82, 2.24) is 24.6 Å². The molecule has 1 unspecified atom stereocenters. The van der Waals surface area contributed by atoms with Crippen LogP contribution >= 0.6 is 0 Å². The lowest BCUT2D eigenvalue weighted by molar-refractivity contribution is -0.118. The van der Waals surface area contributed by atoms with Gasteiger partial charge >= 0.3 is 0 Å². The average Bonchev–Trinajstić information content (AvgIpc) is 2.87. The maximum atomic E-state index is 12.6. The monoisotopic (exact) mass is 500 g/mol. The normalized spacial score (nSPS) is 16.7. The summed E-state index contributed by atoms with van der Waals surface area (Å²) >= 11 is 0. The number of aromatic nitrogens is 3. The molecule has 3 heterocycles. The van der Waals surface area contributed by atoms with E-state index in [1.165, 1.54) is 11.4 Å². The quantitative estimate of drug-likeness (QED) is 0.480. The second-order valence-corrected chi connectivity index (χ2v) is 10.2. The number of ether oxygens (including phenoxy) is 2. The van der Waals surface area contributed by atoms with Gasteiger partial charge in [0, 0.05) is 57.9 Å². The number of amides is 1. The summed E-state index contributed by atoms with van der Waals surface area (Å²) in [6.45, 7) is 0.524. The number of pyridine rings is 1. The van der Waals surface area contributed by atoms with Gasteiger partial charge in [0.15, 0.2) is 5.52 Å². The predicted molar refractivity (Wildman–Crippen MR) is 132 cm³/mol. The van der Waals surface area contributed by atoms with Gasteiger partial charge in [0.2, 0.25) is 21.8 Å². The van der Waals surface area contributed by atoms with E-state index in [1.54, 1.807) is 12.4 Å². The zero-order valence-corrected chi connectivity index (χ0v) is 20.7. The van der Waals surface area contributed by atoms with Gasteiger partial charge in [0.1, 0.15) is 18.5 Å². The van der Waals surface area contributed by atoms with Crippen LogP contribution in [0.15, 0.2) is 42.7 Å². The molecule has 1 atom stereocenters. The topological polar surface area (TPSA) is 127 Å². The smallest absolute Gasteiger partial charge is 0.242 e. The SMILES string of the molecule is CNC(=O)CS(=O)(=O)N1CCOC(COc2nc(-c3ccc(N(C)C)cc3)cc3nccnc23)C1. The van der Waals surface area contributed by atoms with Crippen LogP contribution in [0.3, 0.4) is 0 Å². The molecule has 2 aromatic heterocycles. The first kappa shape index (κ1) is 24.8. The van der Waals surface area contributed by atoms with Gasteiger partial charge in [-0.25, -0.2) is 18.4 Å². The number of carbonyl (C=O) groups excluding carboxylic acids is 1. The van der Waals surface area contributed by atoms with E-state index in [2.05, 4.69) is 20.3 Å². The van der Waals surface area contributed by atoms with Crippen LogP contribution in [0.4, 0.5) is 5.69 Å². The number of anilines is 1. The van der Waals surface area contributed by atoms with Gasteiger partial charge in [-0.05, 0) is 18.2 Å². The number of sulfonamides is 1. The van der Waals surface area contributed by atoms with Crippen LogP contribution < -0.4 is 15.0 Å². The highest BCUT2D eigenvalue weighted by Crippen LogP contribution is 2.28. The van der Waals surface area contributed by atoms with Gasteiger partial charge in [0.25, 0.3) is 0 Å². The van der Waals surface area contributed by atoms with Crippen LogP contribution in [0.5, 0.6) is 5.88 Å². The molecule has 1 aromatic carbocycles. The molecule has 0 bridgehead atoms. The molecule has 186 valence electrons. The standard InChI is InChI=1S/C23H28N6O5S/c1-24-21(30)15-35(31,32)29-10-11-33-18(13-29)14-34-23-22-20(25-8-9-26-22)12-19(27-23)16-4-6-17(7-5-16)28(2)3/h4-9,12,18H,10-11,13-15H2,1-3H3,(H,24,30). The third-order valence-electron chi connectivity index (χ3n) is 5.60. The minimum absolute atomic E-state index is 0.0632. The molecule has 4 rings (SSSR count). The molecular weight excluding hydrogens is 472 g/mol. The maximum Gasteiger partial charge on any atom is 0.242 e. The fourth-order valence-corrected chi connectivity index (χ4v) is 5.07. The van der Waals surface area contributed by atoms with E-state index in [9.17, 15) is 13.2 Å². The third-order valence-corrected chi connectivity index (χ3v) is 7.34. The molecule has 11 nitrogen and oxygen atoms in total. The van der Waals surface area contributed by atoms with E-state index in [4.69, 9.17) is 9.47 Å². The number of rotatable bonds is 8. The Labute approximate surface area is 204 Å². The first-order valence-corrected chi connectivity index (χ1v) is 12.7. The van der Waals surface area contributed by atoms with Crippen LogP contribution in [-0.2, 0) is 19.6 Å². The third kappa shape index (κ3) is 5.84. The second-order valence-electron chi connectivity index (χ2n) is 8.27. The molecule has 1 aliphatic heterocycles. The lowest BCUT2D eigenvalue weighted by Gasteiger charge is -2.31. The minimum Gasteiger partial charge on any atom is -0.473 e. The second kappa shape index (κ2) is 10.5. The number of benzene rings is 1. The zero-order valence-electron chi connectivity index (χ0n) is 19.8.